The fraction of sp³-hybridized carbons (Fsp3) is 0.333. The van der Waals surface area contributed by atoms with Gasteiger partial charge in [0.1, 0.15) is 22.9 Å². The number of aliphatic hydroxyl groups excluding tert-OH is 3. The van der Waals surface area contributed by atoms with Crippen molar-refractivity contribution >= 4 is 11.0 Å². The molecule has 5 N–H and O–H groups in total. The lowest BCUT2D eigenvalue weighted by atomic mass is 10.2. The molecule has 1 aliphatic heterocycles. The van der Waals surface area contributed by atoms with E-state index in [9.17, 15) is 20.1 Å². The Kier molecular flexibility index (Phi) is 2.96. The first kappa shape index (κ1) is 12.7. The number of fused-ring (bicyclic) bond motifs is 1. The second kappa shape index (κ2) is 4.66. The summed E-state index contributed by atoms with van der Waals surface area (Å²) in [6, 6.07) is 0. The lowest BCUT2D eigenvalue weighted by Crippen LogP contribution is -2.24. The van der Waals surface area contributed by atoms with E-state index in [4.69, 9.17) is 0 Å². The monoisotopic (exact) mass is 278 g/mol. The van der Waals surface area contributed by atoms with E-state index >= 15 is 0 Å². The standard InChI is InChI=1S/C12H14N4O4/c17-4-7-11(19)8(18)3-16(7)2-6-1-13-10-9(6)14-5-15-12(10)20/h1,5,8,13,17-19H,2-4H2,(H,14,15,20). The van der Waals surface area contributed by atoms with Crippen LogP contribution in [-0.4, -0.2) is 54.4 Å². The summed E-state index contributed by atoms with van der Waals surface area (Å²) in [5.41, 5.74) is 1.69. The maximum atomic E-state index is 11.6. The summed E-state index contributed by atoms with van der Waals surface area (Å²) in [7, 11) is 0. The predicted molar refractivity (Wildman–Crippen MR) is 69.9 cm³/mol. The zero-order valence-electron chi connectivity index (χ0n) is 10.5. The van der Waals surface area contributed by atoms with Crippen molar-refractivity contribution in [2.24, 2.45) is 0 Å². The summed E-state index contributed by atoms with van der Waals surface area (Å²) in [4.78, 5) is 22.7. The van der Waals surface area contributed by atoms with Crippen molar-refractivity contribution in [2.45, 2.75) is 12.6 Å². The van der Waals surface area contributed by atoms with E-state index in [1.165, 1.54) is 6.33 Å². The normalized spacial score (nSPS) is 19.3. The van der Waals surface area contributed by atoms with Crippen molar-refractivity contribution in [1.29, 1.82) is 0 Å². The second-order valence-electron chi connectivity index (χ2n) is 4.66. The van der Waals surface area contributed by atoms with E-state index in [-0.39, 0.29) is 30.2 Å². The van der Waals surface area contributed by atoms with Gasteiger partial charge in [0.15, 0.2) is 0 Å². The molecule has 2 aromatic rings. The molecule has 106 valence electrons. The number of rotatable bonds is 3. The second-order valence-corrected chi connectivity index (χ2v) is 4.66. The third-order valence-electron chi connectivity index (χ3n) is 3.45. The molecule has 0 spiro atoms. The molecule has 3 rings (SSSR count). The fourth-order valence-corrected chi connectivity index (χ4v) is 2.43. The molecule has 0 saturated heterocycles. The Balaban J connectivity index is 1.95. The van der Waals surface area contributed by atoms with Crippen LogP contribution in [0, 0.1) is 0 Å². The van der Waals surface area contributed by atoms with Gasteiger partial charge >= 0.3 is 0 Å². The molecule has 20 heavy (non-hydrogen) atoms. The van der Waals surface area contributed by atoms with E-state index in [0.29, 0.717) is 17.6 Å². The van der Waals surface area contributed by atoms with Crippen LogP contribution in [-0.2, 0) is 6.54 Å². The van der Waals surface area contributed by atoms with Crippen LogP contribution in [0.5, 0.6) is 0 Å². The average Bonchev–Trinajstić information content (AvgIpc) is 2.94. The molecule has 0 saturated carbocycles. The van der Waals surface area contributed by atoms with E-state index in [1.807, 2.05) is 0 Å². The molecule has 3 heterocycles. The Morgan fingerprint density at radius 2 is 2.25 bits per heavy atom. The van der Waals surface area contributed by atoms with Gasteiger partial charge in [-0.15, -0.1) is 0 Å². The van der Waals surface area contributed by atoms with Gasteiger partial charge < -0.3 is 30.2 Å². The van der Waals surface area contributed by atoms with Crippen molar-refractivity contribution < 1.29 is 15.3 Å². The SMILES string of the molecule is O=c1[nH]cnc2c(CN3CC(O)C(O)=C3CO)c[nH]c12. The highest BCUT2D eigenvalue weighted by atomic mass is 16.3. The molecular weight excluding hydrogens is 264 g/mol. The molecule has 0 amide bonds. The van der Waals surface area contributed by atoms with Gasteiger partial charge in [0.25, 0.3) is 5.56 Å². The summed E-state index contributed by atoms with van der Waals surface area (Å²) in [5.74, 6) is -0.210. The summed E-state index contributed by atoms with van der Waals surface area (Å²) in [6.07, 6.45) is 1.98. The van der Waals surface area contributed by atoms with Crippen molar-refractivity contribution in [3.63, 3.8) is 0 Å². The lowest BCUT2D eigenvalue weighted by molar-refractivity contribution is 0.148. The molecule has 0 bridgehead atoms. The highest BCUT2D eigenvalue weighted by Crippen LogP contribution is 2.24. The van der Waals surface area contributed by atoms with Crippen molar-refractivity contribution in [3.8, 4) is 0 Å². The Hall–Kier alpha value is -2.32. The average molecular weight is 278 g/mol. The molecule has 1 atom stereocenters. The van der Waals surface area contributed by atoms with Crippen LogP contribution < -0.4 is 5.56 Å². The minimum absolute atomic E-state index is 0.192. The van der Waals surface area contributed by atoms with Gasteiger partial charge in [0.2, 0.25) is 0 Å². The van der Waals surface area contributed by atoms with Crippen LogP contribution >= 0.6 is 0 Å². The highest BCUT2D eigenvalue weighted by molar-refractivity contribution is 5.77. The van der Waals surface area contributed by atoms with Gasteiger partial charge in [-0.2, -0.15) is 0 Å². The Morgan fingerprint density at radius 1 is 1.45 bits per heavy atom. The number of nitrogens with one attached hydrogen (secondary N) is 2. The largest absolute Gasteiger partial charge is 0.508 e. The topological polar surface area (TPSA) is 125 Å². The number of aromatic amines is 2. The number of aromatic nitrogens is 3. The van der Waals surface area contributed by atoms with E-state index in [2.05, 4.69) is 15.0 Å². The highest BCUT2D eigenvalue weighted by Gasteiger charge is 2.30. The molecule has 1 aliphatic rings. The minimum atomic E-state index is -1.00. The van der Waals surface area contributed by atoms with Gasteiger partial charge in [0.05, 0.1) is 25.2 Å². The zero-order chi connectivity index (χ0) is 14.3. The summed E-state index contributed by atoms with van der Waals surface area (Å²) < 4.78 is 0. The smallest absolute Gasteiger partial charge is 0.275 e. The molecule has 8 nitrogen and oxygen atoms in total. The maximum absolute atomic E-state index is 11.6. The first-order valence-electron chi connectivity index (χ1n) is 6.11. The van der Waals surface area contributed by atoms with Crippen LogP contribution in [0.15, 0.2) is 28.8 Å². The number of H-pyrrole nitrogens is 2. The Bertz CT molecular complexity index is 732. The van der Waals surface area contributed by atoms with Crippen LogP contribution in [0.25, 0.3) is 11.0 Å². The number of hydrogen-bond acceptors (Lipinski definition) is 6. The summed E-state index contributed by atoms with van der Waals surface area (Å²) >= 11 is 0. The van der Waals surface area contributed by atoms with Crippen molar-refractivity contribution in [2.75, 3.05) is 13.2 Å². The molecule has 0 fully saturated rings. The number of β-amino-alcohol motifs (C(OH)–C–C–N with tert-alkyl or cyclic N) is 1. The molecule has 8 heteroatoms. The van der Waals surface area contributed by atoms with E-state index < -0.39 is 6.10 Å². The quantitative estimate of drug-likeness (QED) is 0.500. The van der Waals surface area contributed by atoms with Crippen LogP contribution in [0.2, 0.25) is 0 Å². The lowest BCUT2D eigenvalue weighted by Gasteiger charge is -2.20. The van der Waals surface area contributed by atoms with Gasteiger partial charge in [-0.3, -0.25) is 4.79 Å². The molecular formula is C12H14N4O4. The van der Waals surface area contributed by atoms with Gasteiger partial charge in [0, 0.05) is 18.3 Å². The maximum Gasteiger partial charge on any atom is 0.275 e. The predicted octanol–water partition coefficient (Wildman–Crippen LogP) is -0.810. The van der Waals surface area contributed by atoms with Crippen LogP contribution in [0.1, 0.15) is 5.56 Å². The number of hydrogen-bond donors (Lipinski definition) is 5. The van der Waals surface area contributed by atoms with Crippen molar-refractivity contribution in [3.05, 3.63) is 39.9 Å². The van der Waals surface area contributed by atoms with Gasteiger partial charge in [-0.1, -0.05) is 0 Å². The summed E-state index contributed by atoms with van der Waals surface area (Å²) in [6.45, 7) is 0.157. The van der Waals surface area contributed by atoms with Crippen LogP contribution in [0.3, 0.4) is 0 Å². The minimum Gasteiger partial charge on any atom is -0.508 e. The summed E-state index contributed by atoms with van der Waals surface area (Å²) in [5, 5.41) is 28.5. The zero-order valence-corrected chi connectivity index (χ0v) is 10.5. The Morgan fingerprint density at radius 3 is 3.00 bits per heavy atom. The molecule has 0 aliphatic carbocycles. The van der Waals surface area contributed by atoms with Gasteiger partial charge in [-0.25, -0.2) is 4.98 Å². The number of nitrogens with zero attached hydrogens (tertiary/aromatic N) is 2. The van der Waals surface area contributed by atoms with E-state index in [1.54, 1.807) is 11.1 Å². The third-order valence-corrected chi connectivity index (χ3v) is 3.45. The first-order chi connectivity index (χ1) is 9.61. The fourth-order valence-electron chi connectivity index (χ4n) is 2.43. The molecule has 0 aromatic carbocycles. The first-order valence-corrected chi connectivity index (χ1v) is 6.11. The number of aliphatic hydroxyl groups is 3. The van der Waals surface area contributed by atoms with Gasteiger partial charge in [-0.05, 0) is 0 Å². The van der Waals surface area contributed by atoms with Crippen LogP contribution in [0.4, 0.5) is 0 Å². The Labute approximate surface area is 113 Å². The third kappa shape index (κ3) is 1.86. The molecule has 1 unspecified atom stereocenters. The molecule has 0 radical (unpaired) electrons. The van der Waals surface area contributed by atoms with E-state index in [0.717, 1.165) is 5.56 Å². The molecule has 2 aromatic heterocycles. The van der Waals surface area contributed by atoms with Crippen molar-refractivity contribution in [1.82, 2.24) is 19.9 Å².